The minimum atomic E-state index is 1.00. The van der Waals surface area contributed by atoms with Gasteiger partial charge in [0.2, 0.25) is 0 Å². The second-order valence-corrected chi connectivity index (χ2v) is 26.5. The Bertz CT molecular complexity index is 780. The highest BCUT2D eigenvalue weighted by atomic mass is 14.3. The van der Waals surface area contributed by atoms with Gasteiger partial charge in [0, 0.05) is 0 Å². The van der Waals surface area contributed by atoms with E-state index in [1.807, 2.05) is 111 Å². The normalized spacial score (nSPS) is 32.4. The highest BCUT2D eigenvalue weighted by Gasteiger charge is 2.19. The van der Waals surface area contributed by atoms with Crippen LogP contribution in [0.1, 0.15) is 427 Å². The summed E-state index contributed by atoms with van der Waals surface area (Å²) in [5, 5.41) is 0. The molecule has 0 aromatic carbocycles. The molecule has 80 heavy (non-hydrogen) atoms. The molecule has 0 saturated heterocycles. The molecule has 0 amide bonds. The van der Waals surface area contributed by atoms with Crippen LogP contribution in [0.15, 0.2) is 0 Å². The summed E-state index contributed by atoms with van der Waals surface area (Å²) in [7, 11) is 0. The monoisotopic (exact) mass is 1140 g/mol. The first-order valence-corrected chi connectivity index (χ1v) is 38.4. The lowest BCUT2D eigenvalue weighted by Crippen LogP contribution is -2.12. The van der Waals surface area contributed by atoms with Gasteiger partial charge < -0.3 is 0 Å². The molecule has 0 heterocycles. The van der Waals surface area contributed by atoms with Gasteiger partial charge in [-0.25, -0.2) is 0 Å². The van der Waals surface area contributed by atoms with E-state index in [2.05, 4.69) is 111 Å². The third-order valence-electron chi connectivity index (χ3n) is 19.0. The number of hydrogen-bond donors (Lipinski definition) is 0. The van der Waals surface area contributed by atoms with Crippen LogP contribution in [0.5, 0.6) is 0 Å². The van der Waals surface area contributed by atoms with Crippen molar-refractivity contribution in [2.75, 3.05) is 0 Å². The summed E-state index contributed by atoms with van der Waals surface area (Å²) in [6.45, 7) is 70.0. The Kier molecular flexibility index (Phi) is 90.4. The van der Waals surface area contributed by atoms with Crippen LogP contribution in [0, 0.1) is 94.7 Å². The molecule has 8 rings (SSSR count). The third-order valence-corrected chi connectivity index (χ3v) is 19.0. The molecule has 0 radical (unpaired) electrons. The molecule has 0 N–H and O–H groups in total. The average molecular weight is 1140 g/mol. The lowest BCUT2D eigenvalue weighted by molar-refractivity contribution is 0.277. The van der Waals surface area contributed by atoms with E-state index in [1.54, 1.807) is 0 Å². The van der Waals surface area contributed by atoms with Gasteiger partial charge >= 0.3 is 0 Å². The molecule has 0 spiro atoms. The van der Waals surface area contributed by atoms with Crippen LogP contribution in [0.3, 0.4) is 0 Å². The molecule has 0 nitrogen and oxygen atoms in total. The molecule has 0 aromatic heterocycles. The van der Waals surface area contributed by atoms with Gasteiger partial charge in [-0.1, -0.05) is 401 Å². The Morgan fingerprint density at radius 2 is 0.212 bits per heavy atom. The maximum Gasteiger partial charge on any atom is -0.0417 e. The van der Waals surface area contributed by atoms with Crippen molar-refractivity contribution in [2.24, 2.45) is 94.7 Å². The molecule has 0 aliphatic heterocycles. The highest BCUT2D eigenvalue weighted by molar-refractivity contribution is 4.72. The first kappa shape index (κ1) is 96.3. The van der Waals surface area contributed by atoms with E-state index >= 15 is 0 Å². The molecule has 0 bridgehead atoms. The van der Waals surface area contributed by atoms with Crippen LogP contribution in [-0.2, 0) is 0 Å². The Morgan fingerprint density at radius 1 is 0.125 bits per heavy atom. The van der Waals surface area contributed by atoms with Gasteiger partial charge in [0.25, 0.3) is 0 Å². The fourth-order valence-electron chi connectivity index (χ4n) is 13.0. The topological polar surface area (TPSA) is 0 Å². The van der Waals surface area contributed by atoms with E-state index in [0.29, 0.717) is 0 Å². The van der Waals surface area contributed by atoms with Crippen molar-refractivity contribution in [2.45, 2.75) is 427 Å². The fraction of sp³-hybridized carbons (Fsp3) is 1.00. The van der Waals surface area contributed by atoms with Crippen molar-refractivity contribution >= 4 is 0 Å². The maximum absolute atomic E-state index is 2.38. The van der Waals surface area contributed by atoms with Crippen molar-refractivity contribution < 1.29 is 0 Å². The maximum atomic E-state index is 2.38. The molecule has 0 heteroatoms. The zero-order valence-electron chi connectivity index (χ0n) is 63.9. The zero-order chi connectivity index (χ0) is 63.9. The standard InChI is InChI=1S/8C8H16.8C2H6/c4*1-7-4-3-5-8(2)6-7;4*1-7-5-3-4-6-8(7)2;8*1-2/h8*7-8H,3-6H2,1-2H3;8*1-2H3/t2*7-,8+;2*7-,8-;2*7-,8+;2*7-,8-;;;;;;;;/m..10..10......../s1. The van der Waals surface area contributed by atoms with Gasteiger partial charge in [-0.15, -0.1) is 0 Å². The van der Waals surface area contributed by atoms with Gasteiger partial charge in [-0.3, -0.25) is 0 Å². The van der Waals surface area contributed by atoms with Crippen LogP contribution >= 0.6 is 0 Å². The Balaban J connectivity index is -0.000000119. The van der Waals surface area contributed by atoms with E-state index in [-0.39, 0.29) is 0 Å². The quantitative estimate of drug-likeness (QED) is 0.227. The molecule has 0 unspecified atom stereocenters. The Morgan fingerprint density at radius 3 is 0.263 bits per heavy atom. The first-order chi connectivity index (χ1) is 38.4. The van der Waals surface area contributed by atoms with Crippen molar-refractivity contribution in [3.8, 4) is 0 Å². The van der Waals surface area contributed by atoms with Gasteiger partial charge in [0.05, 0.1) is 0 Å². The summed E-state index contributed by atoms with van der Waals surface area (Å²) in [6.07, 6.45) is 47.2. The SMILES string of the molecule is CC.CC.CC.CC.CC.CC.CC.CC.C[C@@H]1CCCC[C@@H]1C.C[C@@H]1CCCC[C@@H]1C.C[C@@H]1CCCC[C@H]1C.C[C@@H]1CCC[C@@H](C)C1.C[C@@H]1CCC[C@H](C)C1.C[C@@H]1CCC[C@H](C)C1.C[C@H]1CCCC[C@@H]1C.C[C@H]1CCC[C@H](C)C1. The van der Waals surface area contributed by atoms with Gasteiger partial charge in [-0.2, -0.15) is 0 Å². The molecular weight excluding hydrogens is 961 g/mol. The zero-order valence-corrected chi connectivity index (χ0v) is 63.9. The van der Waals surface area contributed by atoms with E-state index in [1.165, 1.54) is 205 Å². The predicted molar refractivity (Wildman–Crippen MR) is 385 cm³/mol. The highest BCUT2D eigenvalue weighted by Crippen LogP contribution is 2.33. The van der Waals surface area contributed by atoms with E-state index in [4.69, 9.17) is 0 Å². The summed E-state index contributed by atoms with van der Waals surface area (Å²) in [5.41, 5.74) is 0. The lowest BCUT2D eigenvalue weighted by Gasteiger charge is -2.24. The average Bonchev–Trinajstić information content (AvgIpc) is 3.47. The minimum absolute atomic E-state index is 1.00. The summed E-state index contributed by atoms with van der Waals surface area (Å²) in [4.78, 5) is 0. The molecule has 8 saturated carbocycles. The van der Waals surface area contributed by atoms with Crippen LogP contribution in [0.4, 0.5) is 0 Å². The van der Waals surface area contributed by atoms with Crippen LogP contribution in [0.25, 0.3) is 0 Å². The van der Waals surface area contributed by atoms with Gasteiger partial charge in [0.15, 0.2) is 0 Å². The van der Waals surface area contributed by atoms with E-state index in [0.717, 1.165) is 94.7 Å². The summed E-state index contributed by atoms with van der Waals surface area (Å²) < 4.78 is 0. The van der Waals surface area contributed by atoms with Crippen molar-refractivity contribution in [1.82, 2.24) is 0 Å². The Labute approximate surface area is 519 Å². The first-order valence-electron chi connectivity index (χ1n) is 38.4. The van der Waals surface area contributed by atoms with Gasteiger partial charge in [-0.05, 0) is 120 Å². The minimum Gasteiger partial charge on any atom is -0.0683 e. The molecule has 16 atom stereocenters. The molecule has 8 fully saturated rings. The Hall–Kier alpha value is 0. The summed E-state index contributed by atoms with van der Waals surface area (Å²) in [6, 6.07) is 0. The van der Waals surface area contributed by atoms with Gasteiger partial charge in [0.1, 0.15) is 0 Å². The molecule has 8 aliphatic rings. The molecule has 8 aliphatic carbocycles. The number of rotatable bonds is 0. The van der Waals surface area contributed by atoms with E-state index in [9.17, 15) is 0 Å². The van der Waals surface area contributed by atoms with Crippen molar-refractivity contribution in [3.63, 3.8) is 0 Å². The summed E-state index contributed by atoms with van der Waals surface area (Å²) >= 11 is 0. The molecular formula is C80H176. The third kappa shape index (κ3) is 65.5. The van der Waals surface area contributed by atoms with Crippen molar-refractivity contribution in [1.29, 1.82) is 0 Å². The van der Waals surface area contributed by atoms with Crippen molar-refractivity contribution in [3.05, 3.63) is 0 Å². The largest absolute Gasteiger partial charge is 0.0683 e. The van der Waals surface area contributed by atoms with Crippen LogP contribution in [0.2, 0.25) is 0 Å². The van der Waals surface area contributed by atoms with Crippen LogP contribution in [-0.4, -0.2) is 0 Å². The summed E-state index contributed by atoms with van der Waals surface area (Å²) in [5.74, 6) is 16.1. The molecule has 496 valence electrons. The molecule has 0 aromatic rings. The lowest BCUT2D eigenvalue weighted by atomic mass is 9.82. The second kappa shape index (κ2) is 75.1. The fourth-order valence-corrected chi connectivity index (χ4v) is 13.0. The predicted octanol–water partition coefficient (Wildman–Crippen LogP) is 30.9. The smallest absolute Gasteiger partial charge is 0.0417 e. The van der Waals surface area contributed by atoms with Crippen LogP contribution < -0.4 is 0 Å². The number of hydrogen-bond acceptors (Lipinski definition) is 0. The second-order valence-electron chi connectivity index (χ2n) is 26.5. The van der Waals surface area contributed by atoms with E-state index < -0.39 is 0 Å².